The zero-order valence-electron chi connectivity index (χ0n) is 16.8. The zero-order valence-corrected chi connectivity index (χ0v) is 19.2. The average Bonchev–Trinajstić information content (AvgIpc) is 3.47. The third kappa shape index (κ3) is 4.41. The Morgan fingerprint density at radius 2 is 2.03 bits per heavy atom. The van der Waals surface area contributed by atoms with E-state index < -0.39 is 0 Å². The van der Waals surface area contributed by atoms with Gasteiger partial charge in [0.05, 0.1) is 34.3 Å². The molecule has 1 unspecified atom stereocenters. The molecule has 0 aliphatic carbocycles. The summed E-state index contributed by atoms with van der Waals surface area (Å²) in [5.41, 5.74) is 1.13. The summed E-state index contributed by atoms with van der Waals surface area (Å²) < 4.78 is 12.8. The van der Waals surface area contributed by atoms with Gasteiger partial charge in [0.1, 0.15) is 0 Å². The van der Waals surface area contributed by atoms with Crippen LogP contribution in [0.4, 0.5) is 0 Å². The summed E-state index contributed by atoms with van der Waals surface area (Å²) >= 11 is 13.7. The third-order valence-electron chi connectivity index (χ3n) is 5.20. The van der Waals surface area contributed by atoms with E-state index in [4.69, 9.17) is 37.4 Å². The lowest BCUT2D eigenvalue weighted by atomic mass is 10.2. The summed E-state index contributed by atoms with van der Waals surface area (Å²) in [6.07, 6.45) is 1.90. The van der Waals surface area contributed by atoms with Crippen LogP contribution in [0.3, 0.4) is 0 Å². The highest BCUT2D eigenvalue weighted by atomic mass is 35.5. The first kappa shape index (κ1) is 21.5. The molecule has 10 heteroatoms. The monoisotopic (exact) mass is 488 g/mol. The van der Waals surface area contributed by atoms with Gasteiger partial charge in [-0.2, -0.15) is 4.98 Å². The fraction of sp³-hybridized carbons (Fsp3) is 0.273. The highest BCUT2D eigenvalue weighted by Gasteiger charge is 2.21. The van der Waals surface area contributed by atoms with Gasteiger partial charge in [0.25, 0.3) is 5.56 Å². The van der Waals surface area contributed by atoms with Crippen LogP contribution in [0.25, 0.3) is 22.3 Å². The van der Waals surface area contributed by atoms with Crippen molar-refractivity contribution in [2.45, 2.75) is 36.4 Å². The summed E-state index contributed by atoms with van der Waals surface area (Å²) in [5, 5.41) is 6.18. The quantitative estimate of drug-likeness (QED) is 0.271. The normalized spacial score (nSPS) is 16.1. The maximum Gasteiger partial charge on any atom is 0.262 e. The van der Waals surface area contributed by atoms with Crippen molar-refractivity contribution in [3.05, 3.63) is 68.8 Å². The largest absolute Gasteiger partial charge is 0.376 e. The van der Waals surface area contributed by atoms with E-state index in [0.717, 1.165) is 12.8 Å². The average molecular weight is 489 g/mol. The summed E-state index contributed by atoms with van der Waals surface area (Å²) in [6.45, 7) is 1.16. The van der Waals surface area contributed by atoms with Crippen molar-refractivity contribution in [2.24, 2.45) is 0 Å². The lowest BCUT2D eigenvalue weighted by Crippen LogP contribution is -2.28. The molecule has 7 nitrogen and oxygen atoms in total. The summed E-state index contributed by atoms with van der Waals surface area (Å²) in [4.78, 5) is 22.4. The number of aromatic nitrogens is 4. The van der Waals surface area contributed by atoms with Gasteiger partial charge in [-0.15, -0.1) is 0 Å². The standard InChI is InChI=1S/C22H18Cl2N4O3S/c23-13-7-8-16-18(10-13)25-22(28(21(16)29)11-14-4-3-9-30-14)32-12-19-26-20(27-31-19)15-5-1-2-6-17(15)24/h1-2,5-8,10,14H,3-4,9,11-12H2. The molecule has 2 aromatic carbocycles. The van der Waals surface area contributed by atoms with E-state index in [-0.39, 0.29) is 11.7 Å². The Morgan fingerprint density at radius 1 is 1.16 bits per heavy atom. The van der Waals surface area contributed by atoms with Gasteiger partial charge in [0, 0.05) is 17.2 Å². The lowest BCUT2D eigenvalue weighted by molar-refractivity contribution is 0.0937. The molecule has 4 aromatic rings. The lowest BCUT2D eigenvalue weighted by Gasteiger charge is -2.16. The van der Waals surface area contributed by atoms with Gasteiger partial charge in [-0.05, 0) is 43.2 Å². The molecule has 0 saturated carbocycles. The van der Waals surface area contributed by atoms with Gasteiger partial charge >= 0.3 is 0 Å². The molecule has 0 radical (unpaired) electrons. The van der Waals surface area contributed by atoms with Gasteiger partial charge in [-0.1, -0.05) is 52.3 Å². The van der Waals surface area contributed by atoms with E-state index in [2.05, 4.69) is 10.1 Å². The number of thioether (sulfide) groups is 1. The zero-order chi connectivity index (χ0) is 22.1. The maximum atomic E-state index is 13.2. The second-order valence-corrected chi connectivity index (χ2v) is 9.17. The topological polar surface area (TPSA) is 83.0 Å². The van der Waals surface area contributed by atoms with Gasteiger partial charge in [-0.25, -0.2) is 4.98 Å². The number of fused-ring (bicyclic) bond motifs is 1. The molecule has 0 amide bonds. The number of benzene rings is 2. The highest BCUT2D eigenvalue weighted by Crippen LogP contribution is 2.28. The molecular weight excluding hydrogens is 471 g/mol. The minimum Gasteiger partial charge on any atom is -0.376 e. The molecule has 164 valence electrons. The van der Waals surface area contributed by atoms with Crippen LogP contribution in [-0.4, -0.2) is 32.4 Å². The molecule has 1 atom stereocenters. The molecule has 1 fully saturated rings. The first-order valence-corrected chi connectivity index (χ1v) is 11.8. The first-order chi connectivity index (χ1) is 15.6. The van der Waals surface area contributed by atoms with Crippen LogP contribution in [0.1, 0.15) is 18.7 Å². The van der Waals surface area contributed by atoms with Gasteiger partial charge < -0.3 is 9.26 Å². The Morgan fingerprint density at radius 3 is 2.84 bits per heavy atom. The molecule has 32 heavy (non-hydrogen) atoms. The number of ether oxygens (including phenoxy) is 1. The first-order valence-electron chi connectivity index (χ1n) is 10.1. The smallest absolute Gasteiger partial charge is 0.262 e. The van der Waals surface area contributed by atoms with Crippen LogP contribution in [-0.2, 0) is 17.0 Å². The van der Waals surface area contributed by atoms with Crippen LogP contribution < -0.4 is 5.56 Å². The fourth-order valence-electron chi connectivity index (χ4n) is 3.63. The van der Waals surface area contributed by atoms with Gasteiger partial charge in [0.15, 0.2) is 5.16 Å². The molecule has 1 aliphatic heterocycles. The number of hydrogen-bond acceptors (Lipinski definition) is 7. The summed E-state index contributed by atoms with van der Waals surface area (Å²) in [7, 11) is 0. The van der Waals surface area contributed by atoms with Crippen molar-refractivity contribution in [3.8, 4) is 11.4 Å². The Kier molecular flexibility index (Phi) is 6.19. The Hall–Kier alpha value is -2.39. The van der Waals surface area contributed by atoms with E-state index in [1.54, 1.807) is 28.8 Å². The van der Waals surface area contributed by atoms with Crippen molar-refractivity contribution in [2.75, 3.05) is 6.61 Å². The van der Waals surface area contributed by atoms with E-state index in [9.17, 15) is 4.79 Å². The molecule has 0 bridgehead atoms. The van der Waals surface area contributed by atoms with Crippen molar-refractivity contribution in [1.82, 2.24) is 19.7 Å². The molecule has 0 N–H and O–H groups in total. The minimum absolute atomic E-state index is 0.00571. The van der Waals surface area contributed by atoms with Crippen molar-refractivity contribution in [1.29, 1.82) is 0 Å². The van der Waals surface area contributed by atoms with Gasteiger partial charge in [-0.3, -0.25) is 9.36 Å². The van der Waals surface area contributed by atoms with E-state index in [0.29, 0.717) is 62.3 Å². The second kappa shape index (κ2) is 9.23. The van der Waals surface area contributed by atoms with Crippen LogP contribution >= 0.6 is 35.0 Å². The summed E-state index contributed by atoms with van der Waals surface area (Å²) in [6, 6.07) is 12.4. The molecule has 5 rings (SSSR count). The molecule has 1 saturated heterocycles. The van der Waals surface area contributed by atoms with Crippen LogP contribution in [0.15, 0.2) is 56.9 Å². The second-order valence-electron chi connectivity index (χ2n) is 7.39. The Bertz CT molecular complexity index is 1330. The van der Waals surface area contributed by atoms with E-state index in [1.807, 2.05) is 18.2 Å². The molecule has 0 spiro atoms. The number of halogens is 2. The molecule has 2 aromatic heterocycles. The molecular formula is C22H18Cl2N4O3S. The SMILES string of the molecule is O=c1c2ccc(Cl)cc2nc(SCc2nc(-c3ccccc3Cl)no2)n1CC1CCCO1. The molecule has 3 heterocycles. The maximum absolute atomic E-state index is 13.2. The fourth-order valence-corrected chi connectivity index (χ4v) is 4.86. The highest BCUT2D eigenvalue weighted by molar-refractivity contribution is 7.98. The van der Waals surface area contributed by atoms with E-state index >= 15 is 0 Å². The minimum atomic E-state index is -0.119. The number of hydrogen-bond donors (Lipinski definition) is 0. The van der Waals surface area contributed by atoms with Crippen LogP contribution in [0.2, 0.25) is 10.0 Å². The van der Waals surface area contributed by atoms with Crippen LogP contribution in [0, 0.1) is 0 Å². The van der Waals surface area contributed by atoms with Gasteiger partial charge in [0.2, 0.25) is 11.7 Å². The van der Waals surface area contributed by atoms with E-state index in [1.165, 1.54) is 11.8 Å². The number of rotatable bonds is 6. The predicted octanol–water partition coefficient (Wildman–Crippen LogP) is 5.22. The van der Waals surface area contributed by atoms with Crippen LogP contribution in [0.5, 0.6) is 0 Å². The van der Waals surface area contributed by atoms with Crippen molar-refractivity contribution < 1.29 is 9.26 Å². The predicted molar refractivity (Wildman–Crippen MR) is 124 cm³/mol. The molecule has 1 aliphatic rings. The Balaban J connectivity index is 1.45. The van der Waals surface area contributed by atoms with Crippen molar-refractivity contribution in [3.63, 3.8) is 0 Å². The Labute approximate surface area is 197 Å². The summed E-state index contributed by atoms with van der Waals surface area (Å²) in [5.74, 6) is 1.18. The third-order valence-corrected chi connectivity index (χ3v) is 6.73. The number of nitrogens with zero attached hydrogens (tertiary/aromatic N) is 4. The van der Waals surface area contributed by atoms with Crippen molar-refractivity contribution >= 4 is 45.9 Å².